The zero-order valence-electron chi connectivity index (χ0n) is 14.6. The molecular formula is C20H13ClN2O4S. The van der Waals surface area contributed by atoms with Gasteiger partial charge in [-0.1, -0.05) is 41.6 Å². The van der Waals surface area contributed by atoms with E-state index in [-0.39, 0.29) is 11.5 Å². The van der Waals surface area contributed by atoms with Crippen LogP contribution < -0.4 is 4.90 Å². The number of methoxy groups -OCH3 is 1. The Morgan fingerprint density at radius 1 is 1.18 bits per heavy atom. The number of anilines is 1. The molecule has 0 radical (unpaired) electrons. The first-order chi connectivity index (χ1) is 13.5. The third-order valence-corrected chi connectivity index (χ3v) is 5.85. The number of thioether (sulfide) groups is 1. The van der Waals surface area contributed by atoms with Crippen LogP contribution in [0, 0.1) is 0 Å². The van der Waals surface area contributed by atoms with Gasteiger partial charge in [0.1, 0.15) is 10.3 Å². The second kappa shape index (κ2) is 7.26. The first-order valence-corrected chi connectivity index (χ1v) is 9.52. The lowest BCUT2D eigenvalue weighted by molar-refractivity contribution is -0.120. The van der Waals surface area contributed by atoms with Crippen LogP contribution in [0.3, 0.4) is 0 Å². The van der Waals surface area contributed by atoms with Gasteiger partial charge in [-0.15, -0.1) is 0 Å². The molecule has 4 rings (SSSR count). The van der Waals surface area contributed by atoms with Crippen LogP contribution in [0.1, 0.15) is 15.9 Å². The van der Waals surface area contributed by atoms with E-state index in [1.54, 1.807) is 30.3 Å². The molecule has 1 fully saturated rings. The molecule has 2 aromatic carbocycles. The Balaban J connectivity index is 1.64. The molecule has 1 unspecified atom stereocenters. The summed E-state index contributed by atoms with van der Waals surface area (Å²) in [6.07, 6.45) is 1.44. The number of hydrogen-bond acceptors (Lipinski definition) is 6. The van der Waals surface area contributed by atoms with Gasteiger partial charge in [0.15, 0.2) is 0 Å². The summed E-state index contributed by atoms with van der Waals surface area (Å²) in [4.78, 5) is 43.0. The van der Waals surface area contributed by atoms with Crippen LogP contribution in [0.4, 0.5) is 5.69 Å². The number of carbonyl (C=O) groups is 3. The average molecular weight is 413 g/mol. The molecule has 140 valence electrons. The van der Waals surface area contributed by atoms with Gasteiger partial charge in [0, 0.05) is 16.8 Å². The Kier molecular flexibility index (Phi) is 4.78. The molecule has 0 aliphatic carbocycles. The van der Waals surface area contributed by atoms with Crippen LogP contribution in [-0.4, -0.2) is 35.2 Å². The fourth-order valence-electron chi connectivity index (χ4n) is 2.97. The summed E-state index contributed by atoms with van der Waals surface area (Å²) in [5, 5.41) is 0.555. The first-order valence-electron chi connectivity index (χ1n) is 8.26. The van der Waals surface area contributed by atoms with Gasteiger partial charge >= 0.3 is 5.97 Å². The van der Waals surface area contributed by atoms with Crippen molar-refractivity contribution >= 4 is 51.9 Å². The van der Waals surface area contributed by atoms with Gasteiger partial charge in [-0.25, -0.2) is 14.7 Å². The Morgan fingerprint density at radius 3 is 2.64 bits per heavy atom. The lowest BCUT2D eigenvalue weighted by atomic mass is 10.2. The predicted molar refractivity (Wildman–Crippen MR) is 108 cm³/mol. The molecule has 0 N–H and O–H groups in total. The number of aliphatic imine (C=N–C) groups is 1. The Morgan fingerprint density at radius 2 is 1.93 bits per heavy atom. The molecule has 2 heterocycles. The van der Waals surface area contributed by atoms with Crippen molar-refractivity contribution in [3.05, 3.63) is 76.5 Å². The third kappa shape index (κ3) is 3.12. The highest BCUT2D eigenvalue weighted by molar-refractivity contribution is 8.15. The minimum Gasteiger partial charge on any atom is -0.465 e. The molecule has 0 aromatic heterocycles. The molecule has 2 amide bonds. The largest absolute Gasteiger partial charge is 0.465 e. The van der Waals surface area contributed by atoms with Gasteiger partial charge in [0.2, 0.25) is 0 Å². The second-order valence-corrected chi connectivity index (χ2v) is 7.57. The number of hydrogen-bond donors (Lipinski definition) is 0. The molecular weight excluding hydrogens is 400 g/mol. The summed E-state index contributed by atoms with van der Waals surface area (Å²) >= 11 is 7.14. The van der Waals surface area contributed by atoms with E-state index in [1.807, 2.05) is 12.1 Å². The topological polar surface area (TPSA) is 76.0 Å². The van der Waals surface area contributed by atoms with Crippen molar-refractivity contribution in [3.63, 3.8) is 0 Å². The van der Waals surface area contributed by atoms with Crippen molar-refractivity contribution in [2.75, 3.05) is 12.0 Å². The molecule has 1 atom stereocenters. The zero-order chi connectivity index (χ0) is 19.8. The van der Waals surface area contributed by atoms with Crippen LogP contribution in [0.25, 0.3) is 0 Å². The van der Waals surface area contributed by atoms with Crippen molar-refractivity contribution < 1.29 is 19.1 Å². The zero-order valence-corrected chi connectivity index (χ0v) is 16.2. The molecule has 0 saturated carbocycles. The summed E-state index contributed by atoms with van der Waals surface area (Å²) in [6.45, 7) is 0. The van der Waals surface area contributed by atoms with Gasteiger partial charge < -0.3 is 4.74 Å². The van der Waals surface area contributed by atoms with Crippen molar-refractivity contribution in [2.45, 2.75) is 5.25 Å². The van der Waals surface area contributed by atoms with Crippen LogP contribution in [-0.2, 0) is 14.3 Å². The molecule has 6 nitrogen and oxygen atoms in total. The summed E-state index contributed by atoms with van der Waals surface area (Å²) in [7, 11) is 1.27. The lowest BCUT2D eigenvalue weighted by Gasteiger charge is -2.16. The first kappa shape index (κ1) is 18.5. The van der Waals surface area contributed by atoms with E-state index >= 15 is 0 Å². The van der Waals surface area contributed by atoms with Gasteiger partial charge in [-0.3, -0.25) is 9.59 Å². The molecule has 0 bridgehead atoms. The van der Waals surface area contributed by atoms with E-state index in [0.717, 1.165) is 10.5 Å². The molecule has 8 heteroatoms. The number of ether oxygens (including phenoxy) is 1. The number of carbonyl (C=O) groups excluding carboxylic acids is 3. The standard InChI is InChI=1S/C20H13ClN2O4S/c1-27-20(26)12-3-2-4-14(9-12)23-18(24)15-10-22-17(28-16(15)19(23)25)11-5-7-13(21)8-6-11/h2-10,16H,1H3. The SMILES string of the molecule is COC(=O)c1cccc(N2C(=O)C3=CN=C(c4ccc(Cl)cc4)SC3C2=O)c1. The third-order valence-electron chi connectivity index (χ3n) is 4.34. The summed E-state index contributed by atoms with van der Waals surface area (Å²) < 4.78 is 4.70. The number of amides is 2. The highest BCUT2D eigenvalue weighted by Gasteiger charge is 2.46. The minimum absolute atomic E-state index is 0.259. The van der Waals surface area contributed by atoms with Crippen molar-refractivity contribution in [2.24, 2.45) is 4.99 Å². The van der Waals surface area contributed by atoms with E-state index in [0.29, 0.717) is 21.3 Å². The fraction of sp³-hybridized carbons (Fsp3) is 0.100. The Hall–Kier alpha value is -2.90. The van der Waals surface area contributed by atoms with Crippen molar-refractivity contribution in [1.82, 2.24) is 0 Å². The molecule has 2 aliphatic heterocycles. The number of imide groups is 1. The van der Waals surface area contributed by atoms with E-state index in [9.17, 15) is 14.4 Å². The molecule has 2 aliphatic rings. The minimum atomic E-state index is -0.683. The predicted octanol–water partition coefficient (Wildman–Crippen LogP) is 3.45. The number of nitrogens with zero attached hydrogens (tertiary/aromatic N) is 2. The van der Waals surface area contributed by atoms with Crippen molar-refractivity contribution in [1.29, 1.82) is 0 Å². The van der Waals surface area contributed by atoms with Gasteiger partial charge in [-0.2, -0.15) is 0 Å². The van der Waals surface area contributed by atoms with Crippen LogP contribution in [0.2, 0.25) is 5.02 Å². The lowest BCUT2D eigenvalue weighted by Crippen LogP contribution is -2.31. The van der Waals surface area contributed by atoms with Crippen LogP contribution >= 0.6 is 23.4 Å². The molecule has 1 saturated heterocycles. The highest BCUT2D eigenvalue weighted by Crippen LogP contribution is 2.38. The maximum atomic E-state index is 13.0. The average Bonchev–Trinajstić information content (AvgIpc) is 2.98. The van der Waals surface area contributed by atoms with E-state index in [1.165, 1.54) is 31.1 Å². The number of esters is 1. The normalized spacial score (nSPS) is 18.5. The monoisotopic (exact) mass is 412 g/mol. The second-order valence-electron chi connectivity index (χ2n) is 6.04. The summed E-state index contributed by atoms with van der Waals surface area (Å²) in [6, 6.07) is 13.3. The van der Waals surface area contributed by atoms with E-state index < -0.39 is 17.1 Å². The Labute approximate surface area is 169 Å². The Bertz CT molecular complexity index is 1060. The molecule has 2 aromatic rings. The van der Waals surface area contributed by atoms with Gasteiger partial charge in [0.25, 0.3) is 11.8 Å². The smallest absolute Gasteiger partial charge is 0.337 e. The van der Waals surface area contributed by atoms with Gasteiger partial charge in [-0.05, 0) is 30.3 Å². The fourth-order valence-corrected chi connectivity index (χ4v) is 4.20. The summed E-state index contributed by atoms with van der Waals surface area (Å²) in [5.41, 5.74) is 1.71. The van der Waals surface area contributed by atoms with E-state index in [2.05, 4.69) is 4.99 Å². The maximum Gasteiger partial charge on any atom is 0.337 e. The maximum absolute atomic E-state index is 13.0. The number of halogens is 1. The molecule has 0 spiro atoms. The van der Waals surface area contributed by atoms with Gasteiger partial charge in [0.05, 0.1) is 23.9 Å². The molecule has 28 heavy (non-hydrogen) atoms. The quantitative estimate of drug-likeness (QED) is 0.570. The highest BCUT2D eigenvalue weighted by atomic mass is 35.5. The van der Waals surface area contributed by atoms with Crippen LogP contribution in [0.5, 0.6) is 0 Å². The number of fused-ring (bicyclic) bond motifs is 1. The van der Waals surface area contributed by atoms with E-state index in [4.69, 9.17) is 16.3 Å². The van der Waals surface area contributed by atoms with Crippen molar-refractivity contribution in [3.8, 4) is 0 Å². The number of benzene rings is 2. The van der Waals surface area contributed by atoms with Crippen LogP contribution in [0.15, 0.2) is 65.3 Å². The number of rotatable bonds is 3. The summed E-state index contributed by atoms with van der Waals surface area (Å²) in [5.74, 6) is -1.35.